The molecule has 1 atom stereocenters. The molecule has 0 aromatic heterocycles. The van der Waals surface area contributed by atoms with Crippen molar-refractivity contribution in [2.24, 2.45) is 0 Å². The van der Waals surface area contributed by atoms with E-state index in [0.717, 1.165) is 33.3 Å². The van der Waals surface area contributed by atoms with E-state index in [4.69, 9.17) is 0 Å². The molecule has 0 bridgehead atoms. The van der Waals surface area contributed by atoms with Crippen LogP contribution in [0.1, 0.15) is 13.3 Å². The van der Waals surface area contributed by atoms with Gasteiger partial charge in [0, 0.05) is 12.7 Å². The SMILES string of the molecule is CCC(C(=O)Nc1cccc(N(C)S(C)(=O)=O)c1)N(c1ccc(F)cc1)S(C)(=O)=O. The molecule has 0 heterocycles. The minimum absolute atomic E-state index is 0.152. The van der Waals surface area contributed by atoms with E-state index in [1.54, 1.807) is 25.1 Å². The van der Waals surface area contributed by atoms with Crippen LogP contribution in [0.15, 0.2) is 48.5 Å². The number of nitrogens with zero attached hydrogens (tertiary/aromatic N) is 2. The molecule has 2 rings (SSSR count). The Labute approximate surface area is 176 Å². The van der Waals surface area contributed by atoms with E-state index < -0.39 is 37.8 Å². The Morgan fingerprint density at radius 1 is 1.00 bits per heavy atom. The standard InChI is InChI=1S/C19H24FN3O5S2/c1-5-18(23(30(4,27)28)16-11-9-14(20)10-12-16)19(24)21-15-7-6-8-17(13-15)22(2)29(3,25)26/h6-13,18H,5H2,1-4H3,(H,21,24). The predicted molar refractivity (Wildman–Crippen MR) is 116 cm³/mol. The maximum atomic E-state index is 13.3. The molecule has 11 heteroatoms. The molecule has 0 aliphatic heterocycles. The fourth-order valence-electron chi connectivity index (χ4n) is 2.84. The molecule has 1 N–H and O–H groups in total. The molecule has 1 unspecified atom stereocenters. The van der Waals surface area contributed by atoms with Gasteiger partial charge in [0.1, 0.15) is 11.9 Å². The number of hydrogen-bond donors (Lipinski definition) is 1. The van der Waals surface area contributed by atoms with E-state index >= 15 is 0 Å². The topological polar surface area (TPSA) is 104 Å². The minimum Gasteiger partial charge on any atom is -0.324 e. The van der Waals surface area contributed by atoms with Crippen molar-refractivity contribution in [3.8, 4) is 0 Å². The molecule has 1 amide bonds. The minimum atomic E-state index is -3.86. The summed E-state index contributed by atoms with van der Waals surface area (Å²) in [6.45, 7) is 1.65. The summed E-state index contributed by atoms with van der Waals surface area (Å²) in [6.07, 6.45) is 2.17. The highest BCUT2D eigenvalue weighted by molar-refractivity contribution is 7.92. The molecule has 0 saturated carbocycles. The van der Waals surface area contributed by atoms with E-state index in [1.165, 1.54) is 25.2 Å². The maximum absolute atomic E-state index is 13.3. The van der Waals surface area contributed by atoms with Crippen LogP contribution in [0, 0.1) is 5.82 Å². The third-order valence-electron chi connectivity index (χ3n) is 4.39. The van der Waals surface area contributed by atoms with Crippen LogP contribution in [0.25, 0.3) is 0 Å². The lowest BCUT2D eigenvalue weighted by molar-refractivity contribution is -0.117. The van der Waals surface area contributed by atoms with Gasteiger partial charge in [-0.2, -0.15) is 0 Å². The molecule has 0 aliphatic carbocycles. The zero-order chi connectivity index (χ0) is 22.7. The van der Waals surface area contributed by atoms with Crippen LogP contribution in [-0.4, -0.2) is 48.3 Å². The van der Waals surface area contributed by atoms with Crippen LogP contribution in [0.5, 0.6) is 0 Å². The Kier molecular flexibility index (Phi) is 7.09. The monoisotopic (exact) mass is 457 g/mol. The number of amides is 1. The number of carbonyl (C=O) groups is 1. The first-order chi connectivity index (χ1) is 13.8. The predicted octanol–water partition coefficient (Wildman–Crippen LogP) is 2.40. The van der Waals surface area contributed by atoms with Gasteiger partial charge in [-0.1, -0.05) is 13.0 Å². The van der Waals surface area contributed by atoms with Crippen molar-refractivity contribution in [2.75, 3.05) is 33.5 Å². The summed E-state index contributed by atoms with van der Waals surface area (Å²) in [6, 6.07) is 9.87. The Bertz CT molecular complexity index is 1120. The number of nitrogens with one attached hydrogen (secondary N) is 1. The molecule has 2 aromatic rings. The van der Waals surface area contributed by atoms with Crippen molar-refractivity contribution in [1.82, 2.24) is 0 Å². The number of hydrogen-bond acceptors (Lipinski definition) is 5. The van der Waals surface area contributed by atoms with Crippen molar-refractivity contribution in [2.45, 2.75) is 19.4 Å². The highest BCUT2D eigenvalue weighted by Gasteiger charge is 2.31. The fourth-order valence-corrected chi connectivity index (χ4v) is 4.55. The van der Waals surface area contributed by atoms with Gasteiger partial charge in [-0.25, -0.2) is 21.2 Å². The van der Waals surface area contributed by atoms with Gasteiger partial charge < -0.3 is 5.32 Å². The molecular weight excluding hydrogens is 433 g/mol. The zero-order valence-electron chi connectivity index (χ0n) is 17.0. The number of sulfonamides is 2. The smallest absolute Gasteiger partial charge is 0.248 e. The van der Waals surface area contributed by atoms with E-state index in [0.29, 0.717) is 11.4 Å². The second-order valence-corrected chi connectivity index (χ2v) is 10.6. The first-order valence-electron chi connectivity index (χ1n) is 8.94. The zero-order valence-corrected chi connectivity index (χ0v) is 18.7. The third kappa shape index (κ3) is 5.70. The largest absolute Gasteiger partial charge is 0.324 e. The number of benzene rings is 2. The van der Waals surface area contributed by atoms with Crippen LogP contribution in [0.3, 0.4) is 0 Å². The summed E-state index contributed by atoms with van der Waals surface area (Å²) in [5, 5.41) is 2.63. The Balaban J connectivity index is 2.36. The lowest BCUT2D eigenvalue weighted by atomic mass is 10.1. The molecule has 8 nitrogen and oxygen atoms in total. The van der Waals surface area contributed by atoms with Crippen molar-refractivity contribution in [3.05, 3.63) is 54.3 Å². The number of rotatable bonds is 8. The Morgan fingerprint density at radius 2 is 1.60 bits per heavy atom. The summed E-state index contributed by atoms with van der Waals surface area (Å²) < 4.78 is 63.6. The van der Waals surface area contributed by atoms with Gasteiger partial charge in [-0.15, -0.1) is 0 Å². The molecular formula is C19H24FN3O5S2. The molecule has 0 radical (unpaired) electrons. The summed E-state index contributed by atoms with van der Waals surface area (Å²) in [5.41, 5.74) is 0.798. The van der Waals surface area contributed by atoms with Gasteiger partial charge >= 0.3 is 0 Å². The Hall–Kier alpha value is -2.66. The van der Waals surface area contributed by atoms with Gasteiger partial charge in [0.25, 0.3) is 0 Å². The molecule has 2 aromatic carbocycles. The van der Waals surface area contributed by atoms with Crippen LogP contribution in [0.2, 0.25) is 0 Å². The normalized spacial score (nSPS) is 12.8. The number of halogens is 1. The highest BCUT2D eigenvalue weighted by atomic mass is 32.2. The van der Waals surface area contributed by atoms with Crippen molar-refractivity contribution in [1.29, 1.82) is 0 Å². The fraction of sp³-hybridized carbons (Fsp3) is 0.316. The van der Waals surface area contributed by atoms with Crippen LogP contribution >= 0.6 is 0 Å². The van der Waals surface area contributed by atoms with E-state index in [2.05, 4.69) is 5.32 Å². The average molecular weight is 458 g/mol. The first-order valence-corrected chi connectivity index (χ1v) is 12.6. The quantitative estimate of drug-likeness (QED) is 0.656. The second-order valence-electron chi connectivity index (χ2n) is 6.73. The molecule has 0 spiro atoms. The van der Waals surface area contributed by atoms with Crippen LogP contribution < -0.4 is 13.9 Å². The van der Waals surface area contributed by atoms with Crippen molar-refractivity contribution >= 4 is 43.0 Å². The van der Waals surface area contributed by atoms with Gasteiger partial charge in [0.2, 0.25) is 26.0 Å². The molecule has 30 heavy (non-hydrogen) atoms. The van der Waals surface area contributed by atoms with Gasteiger partial charge in [0.15, 0.2) is 0 Å². The van der Waals surface area contributed by atoms with Gasteiger partial charge in [-0.05, 0) is 48.9 Å². The van der Waals surface area contributed by atoms with Crippen LogP contribution in [-0.2, 0) is 24.8 Å². The average Bonchev–Trinajstić information content (AvgIpc) is 2.64. The second kappa shape index (κ2) is 9.00. The molecule has 0 aliphatic rings. The van der Waals surface area contributed by atoms with Gasteiger partial charge in [0.05, 0.1) is 23.9 Å². The summed E-state index contributed by atoms with van der Waals surface area (Å²) in [5.74, 6) is -1.14. The first kappa shape index (κ1) is 23.6. The maximum Gasteiger partial charge on any atom is 0.248 e. The highest BCUT2D eigenvalue weighted by Crippen LogP contribution is 2.25. The summed E-state index contributed by atoms with van der Waals surface area (Å²) in [4.78, 5) is 12.9. The van der Waals surface area contributed by atoms with E-state index in [1.807, 2.05) is 0 Å². The third-order valence-corrected chi connectivity index (χ3v) is 6.77. The summed E-state index contributed by atoms with van der Waals surface area (Å²) in [7, 11) is -5.97. The van der Waals surface area contributed by atoms with Gasteiger partial charge in [-0.3, -0.25) is 13.4 Å². The Morgan fingerprint density at radius 3 is 2.10 bits per heavy atom. The molecule has 0 fully saturated rings. The molecule has 164 valence electrons. The number of carbonyl (C=O) groups excluding carboxylic acids is 1. The molecule has 0 saturated heterocycles. The van der Waals surface area contributed by atoms with Crippen LogP contribution in [0.4, 0.5) is 21.5 Å². The van der Waals surface area contributed by atoms with E-state index in [9.17, 15) is 26.0 Å². The van der Waals surface area contributed by atoms with E-state index in [-0.39, 0.29) is 12.1 Å². The summed E-state index contributed by atoms with van der Waals surface area (Å²) >= 11 is 0. The lowest BCUT2D eigenvalue weighted by Crippen LogP contribution is -2.47. The van der Waals surface area contributed by atoms with Crippen molar-refractivity contribution in [3.63, 3.8) is 0 Å². The lowest BCUT2D eigenvalue weighted by Gasteiger charge is -2.30. The number of anilines is 3. The van der Waals surface area contributed by atoms with Crippen molar-refractivity contribution < 1.29 is 26.0 Å².